The Morgan fingerprint density at radius 3 is 1.14 bits per heavy atom. The van der Waals surface area contributed by atoms with Crippen LogP contribution in [0.4, 0.5) is 0 Å². The van der Waals surface area contributed by atoms with E-state index >= 15 is 0 Å². The topological polar surface area (TPSA) is 484 Å². The van der Waals surface area contributed by atoms with E-state index < -0.39 is 53.7 Å². The van der Waals surface area contributed by atoms with Gasteiger partial charge in [0, 0.05) is 99.0 Å². The molecule has 2 rings (SSSR count). The maximum absolute atomic E-state index is 13.0. The number of amides is 6. The third kappa shape index (κ3) is 57.7. The lowest BCUT2D eigenvalue weighted by Gasteiger charge is -2.16. The second kappa shape index (κ2) is 67.3. The molecule has 0 bridgehead atoms. The number of carboxylic acid groups (broad SMARTS) is 4. The highest BCUT2D eigenvalue weighted by Crippen LogP contribution is 2.21. The number of hydrogen-bond acceptors (Lipinski definition) is 24. The van der Waals surface area contributed by atoms with Crippen LogP contribution in [-0.4, -0.2) is 260 Å². The molecule has 0 aliphatic rings. The molecule has 6 amide bonds. The number of ketones is 4. The lowest BCUT2D eigenvalue weighted by molar-refractivity contribution is -0.142. The van der Waals surface area contributed by atoms with Crippen molar-refractivity contribution in [3.8, 4) is 11.5 Å². The molecule has 0 unspecified atom stereocenters. The van der Waals surface area contributed by atoms with E-state index in [-0.39, 0.29) is 237 Å². The van der Waals surface area contributed by atoms with E-state index in [1.807, 2.05) is 6.92 Å². The molecule has 0 spiro atoms. The van der Waals surface area contributed by atoms with E-state index in [4.69, 9.17) is 57.6 Å². The fourth-order valence-electron chi connectivity index (χ4n) is 11.1. The van der Waals surface area contributed by atoms with Crippen LogP contribution in [0.1, 0.15) is 211 Å². The van der Waals surface area contributed by atoms with E-state index in [1.54, 1.807) is 24.3 Å². The average Bonchev–Trinajstić information content (AvgIpc) is 0.894. The lowest BCUT2D eigenvalue weighted by Crippen LogP contribution is -2.41. The summed E-state index contributed by atoms with van der Waals surface area (Å²) in [5.74, 6) is -6.42. The predicted octanol–water partition coefficient (Wildman–Crippen LogP) is 6.85. The van der Waals surface area contributed by atoms with Gasteiger partial charge in [-0.3, -0.25) is 47.9 Å². The van der Waals surface area contributed by atoms with Crippen LogP contribution in [0.25, 0.3) is 0 Å². The molecule has 652 valence electrons. The largest absolute Gasteiger partial charge is 0.494 e. The van der Waals surface area contributed by atoms with Crippen LogP contribution < -0.4 is 41.4 Å². The molecule has 0 saturated carbocycles. The number of carbonyl (C=O) groups is 14. The second-order valence-electron chi connectivity index (χ2n) is 27.6. The molecule has 0 radical (unpaired) electrons. The van der Waals surface area contributed by atoms with Crippen molar-refractivity contribution < 1.29 is 138 Å². The van der Waals surface area contributed by atoms with E-state index in [2.05, 4.69) is 31.9 Å². The molecule has 4 atom stereocenters. The van der Waals surface area contributed by atoms with Gasteiger partial charge in [-0.05, 0) is 133 Å². The Hall–Kier alpha value is -8.90. The van der Waals surface area contributed by atoms with Gasteiger partial charge in [-0.25, -0.2) is 19.2 Å². The summed E-state index contributed by atoms with van der Waals surface area (Å²) in [6.45, 7) is 7.19. The number of ether oxygens (including phenoxy) is 10. The molecule has 0 aromatic heterocycles. The Morgan fingerprint density at radius 1 is 0.330 bits per heavy atom. The third-order valence-electron chi connectivity index (χ3n) is 17.8. The van der Waals surface area contributed by atoms with Gasteiger partial charge in [-0.15, -0.1) is 0 Å². The van der Waals surface area contributed by atoms with Crippen molar-refractivity contribution >= 4 is 82.5 Å². The van der Waals surface area contributed by atoms with Crippen molar-refractivity contribution in [2.75, 3.05) is 145 Å². The number of aliphatic carboxylic acids is 2. The van der Waals surface area contributed by atoms with E-state index in [1.165, 1.54) is 31.2 Å². The summed E-state index contributed by atoms with van der Waals surface area (Å²) in [5.41, 5.74) is 0.365. The number of benzene rings is 2. The van der Waals surface area contributed by atoms with Gasteiger partial charge < -0.3 is 99.7 Å². The summed E-state index contributed by atoms with van der Waals surface area (Å²) in [7, 11) is 0. The quantitative estimate of drug-likeness (QED) is 0.0303. The Balaban J connectivity index is 0.0000673. The number of aromatic carboxylic acids is 2. The molecule has 115 heavy (non-hydrogen) atoms. The first-order chi connectivity index (χ1) is 55.4. The van der Waals surface area contributed by atoms with Gasteiger partial charge in [0.25, 0.3) is 0 Å². The summed E-state index contributed by atoms with van der Waals surface area (Å²) >= 11 is 0. The minimum absolute atomic E-state index is 0. The van der Waals surface area contributed by atoms with E-state index in [0.717, 1.165) is 51.4 Å². The predicted molar refractivity (Wildman–Crippen MR) is 423 cm³/mol. The molecule has 0 fully saturated rings. The number of unbranched alkanes of at least 4 members (excludes halogenated alkanes) is 10. The van der Waals surface area contributed by atoms with Crippen LogP contribution in [0.3, 0.4) is 0 Å². The van der Waals surface area contributed by atoms with Crippen LogP contribution in [-0.2, 0) is 95.4 Å². The van der Waals surface area contributed by atoms with Crippen LogP contribution in [0.5, 0.6) is 11.5 Å². The normalized spacial score (nSPS) is 12.1. The number of carbonyl (C=O) groups excluding carboxylic acids is 10. The minimum atomic E-state index is -1.23. The summed E-state index contributed by atoms with van der Waals surface area (Å²) in [6, 6.07) is 9.96. The fourth-order valence-corrected chi connectivity index (χ4v) is 11.1. The molecule has 0 aliphatic heterocycles. The second-order valence-corrected chi connectivity index (χ2v) is 27.6. The molecule has 10 N–H and O–H groups in total. The molecular weight excluding hydrogens is 1500 g/mol. The summed E-state index contributed by atoms with van der Waals surface area (Å²) in [6.07, 6.45) is 13.0. The van der Waals surface area contributed by atoms with Gasteiger partial charge in [0.15, 0.2) is 5.78 Å². The maximum Gasteiger partial charge on any atom is 0.335 e. The SMILES string of the molecule is CC(=O)[C@H](CCCCNC(=O)COCCOCCNC(=O)COCCOCCCC(=O)CC[C@H](NC(=O)CCCCCCCOc1ccc(C(=O)O)cc1)C(=O)O)CC(=O)[C@@H](C)CCCCNC(=O)COCCOCCCC(=O)COCCOCCNC(=O)CC[C@H](NC(=O)CCCCCCCOc1ccc(C(=O)O)cc1)C(=O)O.[HH].[HH]. The first kappa shape index (κ1) is 102. The van der Waals surface area contributed by atoms with Crippen LogP contribution in [0.15, 0.2) is 48.5 Å². The summed E-state index contributed by atoms with van der Waals surface area (Å²) in [4.78, 5) is 169. The molecule has 0 saturated heterocycles. The first-order valence-corrected chi connectivity index (χ1v) is 40.2. The Labute approximate surface area is 677 Å². The average molecular weight is 1640 g/mol. The monoisotopic (exact) mass is 1630 g/mol. The van der Waals surface area contributed by atoms with Gasteiger partial charge in [-0.1, -0.05) is 58.3 Å². The highest BCUT2D eigenvalue weighted by atomic mass is 16.5. The zero-order valence-corrected chi connectivity index (χ0v) is 67.2. The molecule has 0 heterocycles. The van der Waals surface area contributed by atoms with Crippen molar-refractivity contribution in [2.24, 2.45) is 11.8 Å². The summed E-state index contributed by atoms with van der Waals surface area (Å²) in [5, 5.41) is 53.0. The van der Waals surface area contributed by atoms with E-state index in [0.29, 0.717) is 109 Å². The standard InChI is InChI=1S/C81H126N6O28.2H2/c1-60(19-11-13-37-82-75(95)57-111-52-48-107-42-18-22-66(90)56-110-51-49-108-45-39-84-72(92)36-35-70(81(104)105)87-74(94)24-10-6-4-8-16-44-115-68-32-27-63(28-33-68)79(100)101)71(91)55-64(61(2)88)20-12-14-38-83-76(96)58-113-54-50-109-46-40-85-77(97)59-112-53-47-106-41-17-21-65(89)29-34-69(80(102)103)86-73(93)23-9-5-3-7-15-43-114-67-30-25-62(26-31-67)78(98)99;;/h25-28,30-33,60,64,69-70H,3-24,29,34-59H2,1-2H3,(H,82,95)(H,83,96)(H,84,92)(H,85,97)(H,86,93)(H,87,94)(H,98,99)(H,100,101)(H,102,103)(H,104,105);2*1H/t60-,64+,69-,70-;;/m0../s1. The third-order valence-corrected chi connectivity index (χ3v) is 17.8. The highest BCUT2D eigenvalue weighted by Gasteiger charge is 2.25. The van der Waals surface area contributed by atoms with Gasteiger partial charge in [0.1, 0.15) is 67.4 Å². The first-order valence-electron chi connectivity index (χ1n) is 40.2. The van der Waals surface area contributed by atoms with Crippen LogP contribution in [0.2, 0.25) is 0 Å². The van der Waals surface area contributed by atoms with Crippen molar-refractivity contribution in [2.45, 2.75) is 199 Å². The van der Waals surface area contributed by atoms with Gasteiger partial charge in [-0.2, -0.15) is 0 Å². The number of carboxylic acids is 4. The van der Waals surface area contributed by atoms with E-state index in [9.17, 15) is 77.3 Å². The molecule has 34 heteroatoms. The van der Waals surface area contributed by atoms with Crippen molar-refractivity contribution in [3.63, 3.8) is 0 Å². The van der Waals surface area contributed by atoms with Crippen molar-refractivity contribution in [1.29, 1.82) is 0 Å². The Morgan fingerprint density at radius 2 is 0.704 bits per heavy atom. The number of nitrogens with one attached hydrogen (secondary N) is 6. The van der Waals surface area contributed by atoms with Crippen LogP contribution in [0, 0.1) is 11.8 Å². The van der Waals surface area contributed by atoms with Crippen LogP contribution >= 0.6 is 0 Å². The Bertz CT molecular complexity index is 3150. The molecule has 0 aliphatic carbocycles. The molecular formula is C81H130N6O28. The summed E-state index contributed by atoms with van der Waals surface area (Å²) < 4.78 is 54.6. The number of Topliss-reactive ketones (excluding diaryl/α,β-unsaturated/α-hetero) is 4. The zero-order chi connectivity index (χ0) is 84.3. The molecule has 34 nitrogen and oxygen atoms in total. The minimum Gasteiger partial charge on any atom is -0.494 e. The fraction of sp³-hybridized carbons (Fsp3) is 0.679. The molecule has 2 aromatic carbocycles. The number of rotatable bonds is 78. The Kier molecular flexibility index (Phi) is 59.8. The van der Waals surface area contributed by atoms with Gasteiger partial charge >= 0.3 is 23.9 Å². The highest BCUT2D eigenvalue weighted by molar-refractivity contribution is 5.90. The smallest absolute Gasteiger partial charge is 0.335 e. The lowest BCUT2D eigenvalue weighted by atomic mass is 9.87. The van der Waals surface area contributed by atoms with Crippen molar-refractivity contribution in [3.05, 3.63) is 59.7 Å². The maximum atomic E-state index is 13.0. The molecule has 2 aromatic rings. The zero-order valence-electron chi connectivity index (χ0n) is 67.2. The van der Waals surface area contributed by atoms with Crippen molar-refractivity contribution in [1.82, 2.24) is 31.9 Å². The van der Waals surface area contributed by atoms with Gasteiger partial charge in [0.2, 0.25) is 35.4 Å². The number of hydrogen-bond donors (Lipinski definition) is 10. The van der Waals surface area contributed by atoms with Gasteiger partial charge in [0.05, 0.1) is 90.4 Å².